The number of fused-ring (bicyclic) bond motifs is 1. The second kappa shape index (κ2) is 6.19. The Morgan fingerprint density at radius 3 is 2.77 bits per heavy atom. The van der Waals surface area contributed by atoms with Gasteiger partial charge in [0.2, 0.25) is 5.91 Å². The van der Waals surface area contributed by atoms with Crippen molar-refractivity contribution in [2.75, 3.05) is 19.7 Å². The van der Waals surface area contributed by atoms with Gasteiger partial charge in [-0.25, -0.2) is 4.79 Å². The summed E-state index contributed by atoms with van der Waals surface area (Å²) < 4.78 is 11.4. The highest BCUT2D eigenvalue weighted by molar-refractivity contribution is 6.09. The van der Waals surface area contributed by atoms with Crippen molar-refractivity contribution in [2.45, 2.75) is 31.4 Å². The molecule has 2 heterocycles. The number of rotatable bonds is 5. The first-order valence-electron chi connectivity index (χ1n) is 8.76. The first-order valence-corrected chi connectivity index (χ1v) is 8.76. The minimum Gasteiger partial charge on any atom is -0.486 e. The van der Waals surface area contributed by atoms with Gasteiger partial charge in [-0.15, -0.1) is 0 Å². The zero-order valence-corrected chi connectivity index (χ0v) is 14.5. The van der Waals surface area contributed by atoms with Crippen LogP contribution in [0.4, 0.5) is 4.79 Å². The molecular formula is C18H21N3O5. The number of carbonyl (C=O) groups excluding carboxylic acids is 3. The van der Waals surface area contributed by atoms with E-state index in [2.05, 4.69) is 10.6 Å². The lowest BCUT2D eigenvalue weighted by Crippen LogP contribution is -2.48. The van der Waals surface area contributed by atoms with Gasteiger partial charge in [0.25, 0.3) is 5.91 Å². The molecule has 0 spiro atoms. The third-order valence-corrected chi connectivity index (χ3v) is 5.09. The molecule has 1 aliphatic carbocycles. The fourth-order valence-electron chi connectivity index (χ4n) is 3.39. The van der Waals surface area contributed by atoms with Crippen molar-refractivity contribution in [3.8, 4) is 11.5 Å². The molecule has 0 aromatic heterocycles. The Kier molecular flexibility index (Phi) is 3.97. The van der Waals surface area contributed by atoms with E-state index < -0.39 is 17.5 Å². The molecule has 4 amide bonds. The first-order chi connectivity index (χ1) is 12.5. The molecule has 138 valence electrons. The standard InChI is InChI=1S/C18H21N3O5/c1-18(11-6-7-11)16(23)21(17(24)20-18)9-15(22)19-8-12-10-25-13-4-2-3-5-14(13)26-12/h2-5,11-12H,6-10H2,1H3,(H,19,22)(H,20,24). The number of nitrogens with zero attached hydrogens (tertiary/aromatic N) is 1. The van der Waals surface area contributed by atoms with Gasteiger partial charge in [-0.05, 0) is 37.8 Å². The van der Waals surface area contributed by atoms with Gasteiger partial charge in [0.1, 0.15) is 24.8 Å². The monoisotopic (exact) mass is 359 g/mol. The zero-order chi connectivity index (χ0) is 18.3. The highest BCUT2D eigenvalue weighted by Crippen LogP contribution is 2.42. The van der Waals surface area contributed by atoms with Crippen molar-refractivity contribution in [1.29, 1.82) is 0 Å². The molecule has 0 bridgehead atoms. The van der Waals surface area contributed by atoms with Crippen molar-refractivity contribution in [3.63, 3.8) is 0 Å². The Balaban J connectivity index is 1.30. The minimum atomic E-state index is -0.874. The number of para-hydroxylation sites is 2. The number of ether oxygens (including phenoxy) is 2. The summed E-state index contributed by atoms with van der Waals surface area (Å²) in [7, 11) is 0. The number of urea groups is 1. The normalized spacial score (nSPS) is 27.3. The Hall–Kier alpha value is -2.77. The van der Waals surface area contributed by atoms with Crippen LogP contribution in [0.15, 0.2) is 24.3 Å². The molecule has 0 radical (unpaired) electrons. The number of amides is 4. The second-order valence-corrected chi connectivity index (χ2v) is 7.10. The summed E-state index contributed by atoms with van der Waals surface area (Å²) in [6.07, 6.45) is 1.51. The summed E-state index contributed by atoms with van der Waals surface area (Å²) in [5.41, 5.74) is -0.874. The van der Waals surface area contributed by atoms with E-state index in [1.165, 1.54) is 0 Å². The molecule has 4 rings (SSSR count). The smallest absolute Gasteiger partial charge is 0.325 e. The second-order valence-electron chi connectivity index (χ2n) is 7.10. The van der Waals surface area contributed by atoms with Crippen molar-refractivity contribution in [3.05, 3.63) is 24.3 Å². The number of nitrogens with one attached hydrogen (secondary N) is 2. The maximum absolute atomic E-state index is 12.5. The molecule has 8 nitrogen and oxygen atoms in total. The van der Waals surface area contributed by atoms with E-state index in [-0.39, 0.29) is 31.0 Å². The first kappa shape index (κ1) is 16.7. The van der Waals surface area contributed by atoms with Crippen LogP contribution in [0.25, 0.3) is 0 Å². The summed E-state index contributed by atoms with van der Waals surface area (Å²) in [5.74, 6) is 0.739. The number of hydrogen-bond acceptors (Lipinski definition) is 5. The molecule has 26 heavy (non-hydrogen) atoms. The van der Waals surface area contributed by atoms with Crippen LogP contribution in [0, 0.1) is 5.92 Å². The molecule has 2 N–H and O–H groups in total. The molecule has 2 atom stereocenters. The minimum absolute atomic E-state index is 0.167. The van der Waals surface area contributed by atoms with Crippen LogP contribution in [0.3, 0.4) is 0 Å². The van der Waals surface area contributed by atoms with Gasteiger partial charge in [-0.3, -0.25) is 14.5 Å². The van der Waals surface area contributed by atoms with Gasteiger partial charge in [-0.1, -0.05) is 12.1 Å². The van der Waals surface area contributed by atoms with Gasteiger partial charge in [0, 0.05) is 0 Å². The molecule has 1 saturated carbocycles. The number of benzene rings is 1. The van der Waals surface area contributed by atoms with Crippen molar-refractivity contribution in [1.82, 2.24) is 15.5 Å². The molecule has 2 fully saturated rings. The maximum atomic E-state index is 12.5. The Morgan fingerprint density at radius 1 is 1.31 bits per heavy atom. The predicted molar refractivity (Wildman–Crippen MR) is 90.7 cm³/mol. The Morgan fingerprint density at radius 2 is 2.04 bits per heavy atom. The highest BCUT2D eigenvalue weighted by atomic mass is 16.6. The van der Waals surface area contributed by atoms with E-state index in [4.69, 9.17) is 9.47 Å². The van der Waals surface area contributed by atoms with Crippen LogP contribution in [0.2, 0.25) is 0 Å². The topological polar surface area (TPSA) is 97.0 Å². The van der Waals surface area contributed by atoms with E-state index >= 15 is 0 Å². The average molecular weight is 359 g/mol. The molecule has 2 aliphatic heterocycles. The summed E-state index contributed by atoms with van der Waals surface area (Å²) >= 11 is 0. The van der Waals surface area contributed by atoms with Gasteiger partial charge < -0.3 is 20.1 Å². The molecule has 1 aromatic carbocycles. The highest BCUT2D eigenvalue weighted by Gasteiger charge is 2.56. The zero-order valence-electron chi connectivity index (χ0n) is 14.5. The third-order valence-electron chi connectivity index (χ3n) is 5.09. The van der Waals surface area contributed by atoms with Crippen LogP contribution in [-0.4, -0.2) is 54.1 Å². The van der Waals surface area contributed by atoms with Crippen LogP contribution < -0.4 is 20.1 Å². The van der Waals surface area contributed by atoms with E-state index in [9.17, 15) is 14.4 Å². The molecule has 8 heteroatoms. The van der Waals surface area contributed by atoms with Crippen LogP contribution in [0.1, 0.15) is 19.8 Å². The van der Waals surface area contributed by atoms with Crippen LogP contribution >= 0.6 is 0 Å². The van der Waals surface area contributed by atoms with Gasteiger partial charge in [0.05, 0.1) is 6.54 Å². The molecule has 2 unspecified atom stereocenters. The summed E-state index contributed by atoms with van der Waals surface area (Å²) in [5, 5.41) is 5.43. The summed E-state index contributed by atoms with van der Waals surface area (Å²) in [4.78, 5) is 37.8. The fraction of sp³-hybridized carbons (Fsp3) is 0.500. The van der Waals surface area contributed by atoms with Gasteiger partial charge in [-0.2, -0.15) is 0 Å². The fourth-order valence-corrected chi connectivity index (χ4v) is 3.39. The number of carbonyl (C=O) groups is 3. The van der Waals surface area contributed by atoms with Crippen molar-refractivity contribution < 1.29 is 23.9 Å². The third kappa shape index (κ3) is 2.95. The van der Waals surface area contributed by atoms with E-state index in [1.807, 2.05) is 18.2 Å². The summed E-state index contributed by atoms with van der Waals surface area (Å²) in [6, 6.07) is 6.81. The predicted octanol–water partition coefficient (Wildman–Crippen LogP) is 0.663. The van der Waals surface area contributed by atoms with E-state index in [1.54, 1.807) is 13.0 Å². The molecule has 3 aliphatic rings. The molecule has 1 aromatic rings. The van der Waals surface area contributed by atoms with Crippen LogP contribution in [0.5, 0.6) is 11.5 Å². The molecule has 1 saturated heterocycles. The number of hydrogen-bond donors (Lipinski definition) is 2. The van der Waals surface area contributed by atoms with Crippen LogP contribution in [-0.2, 0) is 9.59 Å². The van der Waals surface area contributed by atoms with E-state index in [0.717, 1.165) is 17.7 Å². The molecular weight excluding hydrogens is 338 g/mol. The summed E-state index contributed by atoms with van der Waals surface area (Å²) in [6.45, 7) is 1.99. The maximum Gasteiger partial charge on any atom is 0.325 e. The van der Waals surface area contributed by atoms with Crippen molar-refractivity contribution >= 4 is 17.8 Å². The van der Waals surface area contributed by atoms with Gasteiger partial charge in [0.15, 0.2) is 11.5 Å². The lowest BCUT2D eigenvalue weighted by molar-refractivity contribution is -0.135. The van der Waals surface area contributed by atoms with Crippen molar-refractivity contribution in [2.24, 2.45) is 5.92 Å². The Labute approximate surface area is 150 Å². The largest absolute Gasteiger partial charge is 0.486 e. The lowest BCUT2D eigenvalue weighted by Gasteiger charge is -2.26. The quantitative estimate of drug-likeness (QED) is 0.753. The lowest BCUT2D eigenvalue weighted by atomic mass is 9.96. The number of imide groups is 1. The van der Waals surface area contributed by atoms with E-state index in [0.29, 0.717) is 18.1 Å². The van der Waals surface area contributed by atoms with Gasteiger partial charge >= 0.3 is 6.03 Å². The average Bonchev–Trinajstić information content (AvgIpc) is 3.46. The Bertz CT molecular complexity index is 763. The SMILES string of the molecule is CC1(C2CC2)NC(=O)N(CC(=O)NCC2COc3ccccc3O2)C1=O.